The molecule has 1 atom stereocenters. The van der Waals surface area contributed by atoms with E-state index in [-0.39, 0.29) is 6.04 Å². The lowest BCUT2D eigenvalue weighted by molar-refractivity contribution is 0.506. The molecule has 0 bridgehead atoms. The van der Waals surface area contributed by atoms with Gasteiger partial charge in [-0.25, -0.2) is 9.97 Å². The molecule has 0 aliphatic rings. The van der Waals surface area contributed by atoms with Gasteiger partial charge in [0.15, 0.2) is 0 Å². The summed E-state index contributed by atoms with van der Waals surface area (Å²) in [6, 6.07) is 8.50. The van der Waals surface area contributed by atoms with Crippen LogP contribution in [0.2, 0.25) is 0 Å². The van der Waals surface area contributed by atoms with E-state index in [9.17, 15) is 0 Å². The highest BCUT2D eigenvalue weighted by Crippen LogP contribution is 2.25. The van der Waals surface area contributed by atoms with Crippen LogP contribution >= 0.6 is 11.3 Å². The Morgan fingerprint density at radius 2 is 2.20 bits per heavy atom. The van der Waals surface area contributed by atoms with Crippen LogP contribution in [-0.2, 0) is 13.5 Å². The number of aryl methyl sites for hydroxylation is 1. The molecule has 5 heteroatoms. The zero-order valence-electron chi connectivity index (χ0n) is 11.7. The number of thiazole rings is 1. The van der Waals surface area contributed by atoms with Crippen molar-refractivity contribution >= 4 is 21.6 Å². The molecule has 4 nitrogen and oxygen atoms in total. The second-order valence-electron chi connectivity index (χ2n) is 4.79. The van der Waals surface area contributed by atoms with Gasteiger partial charge in [-0.2, -0.15) is 0 Å². The molecule has 2 heterocycles. The number of hydrogen-bond donors (Lipinski definition) is 1. The van der Waals surface area contributed by atoms with Crippen LogP contribution in [0.25, 0.3) is 10.2 Å². The van der Waals surface area contributed by atoms with Crippen molar-refractivity contribution in [3.05, 3.63) is 47.5 Å². The minimum absolute atomic E-state index is 0.209. The molecule has 1 N–H and O–H groups in total. The Kier molecular flexibility index (Phi) is 3.80. The van der Waals surface area contributed by atoms with Crippen LogP contribution in [0.15, 0.2) is 36.7 Å². The molecule has 0 fully saturated rings. The summed E-state index contributed by atoms with van der Waals surface area (Å²) in [6.07, 6.45) is 4.70. The fourth-order valence-electron chi connectivity index (χ4n) is 2.40. The Balaban J connectivity index is 1.88. The number of rotatable bonds is 5. The fraction of sp³-hybridized carbons (Fsp3) is 0.333. The van der Waals surface area contributed by atoms with Crippen molar-refractivity contribution in [3.63, 3.8) is 0 Å². The first-order valence-corrected chi connectivity index (χ1v) is 7.64. The zero-order valence-corrected chi connectivity index (χ0v) is 12.5. The third-order valence-corrected chi connectivity index (χ3v) is 4.40. The molecule has 0 amide bonds. The van der Waals surface area contributed by atoms with Gasteiger partial charge in [-0.1, -0.05) is 19.1 Å². The van der Waals surface area contributed by atoms with Gasteiger partial charge in [0, 0.05) is 25.9 Å². The van der Waals surface area contributed by atoms with E-state index in [2.05, 4.69) is 40.0 Å². The smallest absolute Gasteiger partial charge is 0.126 e. The number of imidazole rings is 1. The highest BCUT2D eigenvalue weighted by atomic mass is 32.1. The molecule has 0 radical (unpaired) electrons. The molecule has 2 aromatic heterocycles. The van der Waals surface area contributed by atoms with E-state index in [1.165, 1.54) is 4.70 Å². The van der Waals surface area contributed by atoms with E-state index in [1.54, 1.807) is 11.3 Å². The van der Waals surface area contributed by atoms with Gasteiger partial charge in [-0.3, -0.25) is 0 Å². The van der Waals surface area contributed by atoms with Crippen molar-refractivity contribution in [2.45, 2.75) is 19.4 Å². The molecule has 104 valence electrons. The Hall–Kier alpha value is -1.72. The third kappa shape index (κ3) is 2.59. The van der Waals surface area contributed by atoms with Gasteiger partial charge in [0.1, 0.15) is 5.82 Å². The maximum absolute atomic E-state index is 4.72. The molecule has 3 rings (SSSR count). The summed E-state index contributed by atoms with van der Waals surface area (Å²) in [5.74, 6) is 1.06. The van der Waals surface area contributed by atoms with E-state index >= 15 is 0 Å². The number of fused-ring (bicyclic) bond motifs is 1. The Morgan fingerprint density at radius 1 is 1.35 bits per heavy atom. The monoisotopic (exact) mass is 286 g/mol. The van der Waals surface area contributed by atoms with Gasteiger partial charge in [-0.05, 0) is 18.7 Å². The zero-order chi connectivity index (χ0) is 13.9. The van der Waals surface area contributed by atoms with Crippen LogP contribution < -0.4 is 5.32 Å². The summed E-state index contributed by atoms with van der Waals surface area (Å²) in [5, 5.41) is 4.65. The second-order valence-corrected chi connectivity index (χ2v) is 5.90. The summed E-state index contributed by atoms with van der Waals surface area (Å²) in [6.45, 7) is 3.04. The Bertz CT molecular complexity index is 668. The first-order chi connectivity index (χ1) is 9.78. The first kappa shape index (κ1) is 13.3. The van der Waals surface area contributed by atoms with Crippen molar-refractivity contribution in [2.75, 3.05) is 6.54 Å². The lowest BCUT2D eigenvalue weighted by Crippen LogP contribution is -2.25. The van der Waals surface area contributed by atoms with Gasteiger partial charge in [-0.15, -0.1) is 11.3 Å². The molecule has 0 saturated carbocycles. The van der Waals surface area contributed by atoms with Crippen molar-refractivity contribution in [3.8, 4) is 0 Å². The molecule has 1 aromatic carbocycles. The fourth-order valence-corrected chi connectivity index (χ4v) is 3.41. The van der Waals surface area contributed by atoms with Crippen molar-refractivity contribution in [1.29, 1.82) is 0 Å². The molecule has 1 unspecified atom stereocenters. The summed E-state index contributed by atoms with van der Waals surface area (Å²) < 4.78 is 3.32. The van der Waals surface area contributed by atoms with Crippen LogP contribution in [0, 0.1) is 0 Å². The molecular formula is C15H18N4S. The van der Waals surface area contributed by atoms with Gasteiger partial charge >= 0.3 is 0 Å². The lowest BCUT2D eigenvalue weighted by atomic mass is 10.2. The number of nitrogens with zero attached hydrogens (tertiary/aromatic N) is 3. The van der Waals surface area contributed by atoms with Gasteiger partial charge in [0.25, 0.3) is 0 Å². The van der Waals surface area contributed by atoms with Crippen molar-refractivity contribution in [1.82, 2.24) is 19.9 Å². The molecule has 0 aliphatic heterocycles. The van der Waals surface area contributed by atoms with Crippen LogP contribution in [-0.4, -0.2) is 21.1 Å². The number of nitrogens with one attached hydrogen (secondary N) is 1. The molecule has 0 spiro atoms. The predicted molar refractivity (Wildman–Crippen MR) is 82.9 cm³/mol. The third-order valence-electron chi connectivity index (χ3n) is 3.34. The van der Waals surface area contributed by atoms with E-state index < -0.39 is 0 Å². The van der Waals surface area contributed by atoms with Crippen molar-refractivity contribution in [2.24, 2.45) is 7.05 Å². The van der Waals surface area contributed by atoms with Crippen LogP contribution in [0.5, 0.6) is 0 Å². The quantitative estimate of drug-likeness (QED) is 0.784. The summed E-state index contributed by atoms with van der Waals surface area (Å²) in [7, 11) is 2.03. The molecule has 20 heavy (non-hydrogen) atoms. The van der Waals surface area contributed by atoms with Crippen LogP contribution in [0.1, 0.15) is 23.8 Å². The number of para-hydroxylation sites is 1. The number of aromatic nitrogens is 3. The summed E-state index contributed by atoms with van der Waals surface area (Å²) in [5.41, 5.74) is 1.09. The average molecular weight is 286 g/mol. The normalized spacial score (nSPS) is 12.9. The Morgan fingerprint density at radius 3 is 2.90 bits per heavy atom. The van der Waals surface area contributed by atoms with Gasteiger partial charge < -0.3 is 9.88 Å². The lowest BCUT2D eigenvalue weighted by Gasteiger charge is -2.16. The molecular weight excluding hydrogens is 268 g/mol. The standard InChI is InChI=1S/C15H18N4S/c1-3-16-12(15-17-8-9-19(15)2)10-14-18-11-6-4-5-7-13(11)20-14/h4-9,12,16H,3,10H2,1-2H3. The minimum atomic E-state index is 0.209. The highest BCUT2D eigenvalue weighted by Gasteiger charge is 2.17. The van der Waals surface area contributed by atoms with Gasteiger partial charge in [0.05, 0.1) is 21.3 Å². The SMILES string of the molecule is CCNC(Cc1nc2ccccc2s1)c1nccn1C. The molecule has 0 saturated heterocycles. The number of benzene rings is 1. The van der Waals surface area contributed by atoms with Crippen molar-refractivity contribution < 1.29 is 0 Å². The second kappa shape index (κ2) is 5.73. The Labute approximate surface area is 122 Å². The maximum atomic E-state index is 4.72. The van der Waals surface area contributed by atoms with E-state index in [4.69, 9.17) is 4.98 Å². The van der Waals surface area contributed by atoms with Crippen LogP contribution in [0.4, 0.5) is 0 Å². The first-order valence-electron chi connectivity index (χ1n) is 6.83. The number of likely N-dealkylation sites (N-methyl/N-ethyl adjacent to an activating group) is 1. The highest BCUT2D eigenvalue weighted by molar-refractivity contribution is 7.18. The largest absolute Gasteiger partial charge is 0.337 e. The van der Waals surface area contributed by atoms with Crippen LogP contribution in [0.3, 0.4) is 0 Å². The maximum Gasteiger partial charge on any atom is 0.126 e. The topological polar surface area (TPSA) is 42.7 Å². The minimum Gasteiger partial charge on any atom is -0.337 e. The van der Waals surface area contributed by atoms with E-state index in [1.807, 2.05) is 25.5 Å². The van der Waals surface area contributed by atoms with E-state index in [0.29, 0.717) is 0 Å². The molecule has 3 aromatic rings. The average Bonchev–Trinajstić information content (AvgIpc) is 3.03. The summed E-state index contributed by atoms with van der Waals surface area (Å²) in [4.78, 5) is 9.18. The summed E-state index contributed by atoms with van der Waals surface area (Å²) >= 11 is 1.77. The van der Waals surface area contributed by atoms with Gasteiger partial charge in [0.2, 0.25) is 0 Å². The number of hydrogen-bond acceptors (Lipinski definition) is 4. The molecule has 0 aliphatic carbocycles. The van der Waals surface area contributed by atoms with E-state index in [0.717, 1.165) is 29.3 Å². The predicted octanol–water partition coefficient (Wildman–Crippen LogP) is 2.92.